The number of carboxylic acids is 2. The Kier molecular flexibility index (Phi) is 19.5. The minimum atomic E-state index is -1.67. The van der Waals surface area contributed by atoms with Crippen LogP contribution in [-0.2, 0) is 30.7 Å². The Bertz CT molecular complexity index is 180. The van der Waals surface area contributed by atoms with E-state index in [0.29, 0.717) is 6.42 Å². The molecule has 1 saturated carbocycles. The summed E-state index contributed by atoms with van der Waals surface area (Å²) in [5.41, 5.74) is -1.67. The molecule has 0 aromatic carbocycles. The summed E-state index contributed by atoms with van der Waals surface area (Å²) < 4.78 is 0. The average Bonchev–Trinajstić information content (AvgIpc) is 1.57. The Morgan fingerprint density at radius 1 is 0.933 bits per heavy atom. The monoisotopic (exact) mass is 405 g/mol. The molecule has 0 bridgehead atoms. The fraction of sp³-hybridized carbons (Fsp3) is 0.667. The molecular formula is C6H14N2O6Pt. The van der Waals surface area contributed by atoms with Gasteiger partial charge in [-0.3, -0.25) is 0 Å². The molecule has 0 saturated heterocycles. The van der Waals surface area contributed by atoms with Crippen molar-refractivity contribution >= 4 is 11.9 Å². The first-order chi connectivity index (χ1) is 4.59. The van der Waals surface area contributed by atoms with Gasteiger partial charge in [-0.2, -0.15) is 0 Å². The summed E-state index contributed by atoms with van der Waals surface area (Å²) in [7, 11) is 0. The number of hydrogen-bond acceptors (Lipinski definition) is 8. The molecule has 0 radical (unpaired) electrons. The second kappa shape index (κ2) is 10.0. The molecule has 0 unspecified atom stereocenters. The van der Waals surface area contributed by atoms with E-state index in [1.54, 1.807) is 0 Å². The van der Waals surface area contributed by atoms with Crippen LogP contribution in [0.5, 0.6) is 0 Å². The molecule has 0 atom stereocenters. The molecule has 0 spiro atoms. The van der Waals surface area contributed by atoms with Gasteiger partial charge in [0.25, 0.3) is 0 Å². The van der Waals surface area contributed by atoms with E-state index in [1.165, 1.54) is 0 Å². The summed E-state index contributed by atoms with van der Waals surface area (Å²) in [5, 5.41) is 20.4. The van der Waals surface area contributed by atoms with Crippen molar-refractivity contribution in [2.45, 2.75) is 19.3 Å². The summed E-state index contributed by atoms with van der Waals surface area (Å²) in [6, 6.07) is 0. The van der Waals surface area contributed by atoms with Crippen molar-refractivity contribution in [3.63, 3.8) is 0 Å². The first kappa shape index (κ1) is 29.3. The first-order valence-electron chi connectivity index (χ1n) is 3.02. The SMILES string of the molecule is N.N.O=C([O-])C1(C(=O)[O-])CCC1.[OH-].[OH-].[Pt+4]. The maximum atomic E-state index is 10.2. The van der Waals surface area contributed by atoms with E-state index >= 15 is 0 Å². The number of carboxylic acid groups (broad SMARTS) is 2. The molecule has 15 heavy (non-hydrogen) atoms. The van der Waals surface area contributed by atoms with Gasteiger partial charge in [0.1, 0.15) is 0 Å². The van der Waals surface area contributed by atoms with E-state index in [4.69, 9.17) is 0 Å². The molecule has 8 N–H and O–H groups in total. The number of aliphatic carboxylic acids is 2. The van der Waals surface area contributed by atoms with Crippen LogP contribution in [-0.4, -0.2) is 22.9 Å². The van der Waals surface area contributed by atoms with Crippen molar-refractivity contribution in [3.8, 4) is 0 Å². The largest absolute Gasteiger partial charge is 4.00 e. The molecular weight excluding hydrogens is 391 g/mol. The normalized spacial score (nSPS) is 14.1. The zero-order valence-corrected chi connectivity index (χ0v) is 10.2. The molecule has 0 aromatic rings. The summed E-state index contributed by atoms with van der Waals surface area (Å²) >= 11 is 0. The predicted octanol–water partition coefficient (Wildman–Crippen LogP) is -2.38. The van der Waals surface area contributed by atoms with Crippen LogP contribution >= 0.6 is 0 Å². The molecule has 1 aliphatic carbocycles. The molecule has 1 rings (SSSR count). The Hall–Kier alpha value is -0.532. The number of rotatable bonds is 2. The van der Waals surface area contributed by atoms with Crippen LogP contribution in [0.1, 0.15) is 19.3 Å². The minimum absolute atomic E-state index is 0. The molecule has 94 valence electrons. The van der Waals surface area contributed by atoms with E-state index in [9.17, 15) is 19.8 Å². The molecule has 0 aliphatic heterocycles. The molecule has 8 nitrogen and oxygen atoms in total. The van der Waals surface area contributed by atoms with E-state index in [1.807, 2.05) is 0 Å². The third-order valence-electron chi connectivity index (χ3n) is 1.99. The van der Waals surface area contributed by atoms with Crippen molar-refractivity contribution in [2.24, 2.45) is 5.41 Å². The molecule has 0 heterocycles. The zero-order chi connectivity index (χ0) is 7.78. The van der Waals surface area contributed by atoms with Gasteiger partial charge in [-0.05, 0) is 12.8 Å². The third-order valence-corrected chi connectivity index (χ3v) is 1.99. The van der Waals surface area contributed by atoms with Crippen LogP contribution in [0.3, 0.4) is 0 Å². The summed E-state index contributed by atoms with van der Waals surface area (Å²) in [6.45, 7) is 0. The van der Waals surface area contributed by atoms with E-state index in [0.717, 1.165) is 0 Å². The van der Waals surface area contributed by atoms with Crippen LogP contribution in [0, 0.1) is 5.41 Å². The molecule has 9 heteroatoms. The van der Waals surface area contributed by atoms with Gasteiger partial charge in [-0.15, -0.1) is 0 Å². The zero-order valence-electron chi connectivity index (χ0n) is 7.88. The Labute approximate surface area is 101 Å². The maximum Gasteiger partial charge on any atom is 4.00 e. The van der Waals surface area contributed by atoms with E-state index in [2.05, 4.69) is 0 Å². The van der Waals surface area contributed by atoms with Crippen LogP contribution in [0.2, 0.25) is 0 Å². The Balaban J connectivity index is -0.0000000667. The van der Waals surface area contributed by atoms with Gasteiger partial charge in [-0.25, -0.2) is 0 Å². The van der Waals surface area contributed by atoms with Crippen molar-refractivity contribution in [1.29, 1.82) is 0 Å². The van der Waals surface area contributed by atoms with Crippen molar-refractivity contribution in [2.75, 3.05) is 0 Å². The van der Waals surface area contributed by atoms with Gasteiger partial charge in [0.15, 0.2) is 0 Å². The second-order valence-electron chi connectivity index (χ2n) is 2.51. The molecule has 0 amide bonds. The number of carbonyl (C=O) groups is 2. The van der Waals surface area contributed by atoms with Gasteiger partial charge in [0.2, 0.25) is 0 Å². The summed E-state index contributed by atoms with van der Waals surface area (Å²) in [4.78, 5) is 20.4. The first-order valence-corrected chi connectivity index (χ1v) is 3.02. The van der Waals surface area contributed by atoms with Gasteiger partial charge in [0, 0.05) is 5.41 Å². The van der Waals surface area contributed by atoms with Crippen LogP contribution in [0.4, 0.5) is 0 Å². The third kappa shape index (κ3) is 4.67. The molecule has 1 fully saturated rings. The Morgan fingerprint density at radius 3 is 1.20 bits per heavy atom. The van der Waals surface area contributed by atoms with Crippen molar-refractivity contribution in [1.82, 2.24) is 12.3 Å². The van der Waals surface area contributed by atoms with E-state index in [-0.39, 0.29) is 57.2 Å². The molecule has 0 aromatic heterocycles. The number of hydrogen-bond donors (Lipinski definition) is 2. The smallest absolute Gasteiger partial charge is 0.870 e. The maximum absolute atomic E-state index is 10.2. The van der Waals surface area contributed by atoms with Gasteiger partial charge >= 0.3 is 21.1 Å². The van der Waals surface area contributed by atoms with Crippen LogP contribution in [0.15, 0.2) is 0 Å². The van der Waals surface area contributed by atoms with Gasteiger partial charge in [0.05, 0.1) is 11.9 Å². The van der Waals surface area contributed by atoms with E-state index < -0.39 is 17.4 Å². The van der Waals surface area contributed by atoms with Crippen molar-refractivity contribution < 1.29 is 51.8 Å². The topological polar surface area (TPSA) is 210 Å². The van der Waals surface area contributed by atoms with Gasteiger partial charge in [-0.1, -0.05) is 6.42 Å². The van der Waals surface area contributed by atoms with Crippen LogP contribution < -0.4 is 22.5 Å². The average molecular weight is 405 g/mol. The van der Waals surface area contributed by atoms with Crippen LogP contribution in [0.25, 0.3) is 0 Å². The van der Waals surface area contributed by atoms with Crippen molar-refractivity contribution in [3.05, 3.63) is 0 Å². The standard InChI is InChI=1S/C6H8O4.2H3N.2H2O.Pt/c7-4(8)6(5(9)10)2-1-3-6;;;;;/h1-3H2,(H,7,8)(H,9,10);2*1H3;2*1H2;/q;;;;;+4/p-4. The fourth-order valence-corrected chi connectivity index (χ4v) is 1.02. The summed E-state index contributed by atoms with van der Waals surface area (Å²) in [5.74, 6) is -3.03. The Morgan fingerprint density at radius 2 is 1.20 bits per heavy atom. The predicted molar refractivity (Wildman–Crippen MR) is 40.2 cm³/mol. The minimum Gasteiger partial charge on any atom is -0.870 e. The second-order valence-corrected chi connectivity index (χ2v) is 2.51. The quantitative estimate of drug-likeness (QED) is 0.473. The summed E-state index contributed by atoms with van der Waals surface area (Å²) in [6.07, 6.45) is 0.928. The molecule has 1 aliphatic rings. The van der Waals surface area contributed by atoms with Gasteiger partial charge < -0.3 is 43.1 Å². The number of carbonyl (C=O) groups excluding carboxylic acids is 2. The fourth-order valence-electron chi connectivity index (χ4n) is 1.02.